The summed E-state index contributed by atoms with van der Waals surface area (Å²) in [6.07, 6.45) is 6.85. The summed E-state index contributed by atoms with van der Waals surface area (Å²) in [6.45, 7) is 0.534. The average Bonchev–Trinajstić information content (AvgIpc) is 3.37. The van der Waals surface area contributed by atoms with E-state index in [0.717, 1.165) is 31.5 Å². The molecule has 8 nitrogen and oxygen atoms in total. The van der Waals surface area contributed by atoms with E-state index in [1.165, 1.54) is 12.1 Å². The minimum absolute atomic E-state index is 0.0460. The molecular weight excluding hydrogens is 447 g/mol. The molecule has 1 saturated carbocycles. The Kier molecular flexibility index (Phi) is 6.67. The molecule has 5 rings (SSSR count). The number of halogens is 1. The number of benzene rings is 2. The molecule has 1 aliphatic rings. The molecule has 35 heavy (non-hydrogen) atoms. The third-order valence-corrected chi connectivity index (χ3v) is 6.22. The third-order valence-electron chi connectivity index (χ3n) is 6.22. The first kappa shape index (κ1) is 22.9. The fraction of sp³-hybridized carbons (Fsp3) is 0.308. The fourth-order valence-corrected chi connectivity index (χ4v) is 4.11. The van der Waals surface area contributed by atoms with E-state index >= 15 is 0 Å². The van der Waals surface area contributed by atoms with Crippen molar-refractivity contribution >= 4 is 16.9 Å². The van der Waals surface area contributed by atoms with Crippen molar-refractivity contribution in [1.82, 2.24) is 30.6 Å². The first-order chi connectivity index (χ1) is 17.1. The highest BCUT2D eigenvalue weighted by Crippen LogP contribution is 2.33. The monoisotopic (exact) mass is 474 g/mol. The van der Waals surface area contributed by atoms with Crippen LogP contribution < -0.4 is 15.4 Å². The molecule has 180 valence electrons. The predicted octanol–water partition coefficient (Wildman–Crippen LogP) is 3.65. The molecule has 1 amide bonds. The van der Waals surface area contributed by atoms with Gasteiger partial charge in [0.05, 0.1) is 11.0 Å². The van der Waals surface area contributed by atoms with Crippen LogP contribution in [0.1, 0.15) is 35.4 Å². The van der Waals surface area contributed by atoms with Crippen molar-refractivity contribution in [2.24, 2.45) is 0 Å². The molecule has 0 spiro atoms. The lowest BCUT2D eigenvalue weighted by Crippen LogP contribution is -2.45. The number of fused-ring (bicyclic) bond motifs is 1. The second kappa shape index (κ2) is 10.2. The molecule has 0 aliphatic heterocycles. The van der Waals surface area contributed by atoms with Gasteiger partial charge in [0, 0.05) is 42.5 Å². The molecule has 2 heterocycles. The number of ether oxygens (including phenoxy) is 1. The maximum atomic E-state index is 13.5. The number of hydrogen-bond acceptors (Lipinski definition) is 6. The Morgan fingerprint density at radius 3 is 2.71 bits per heavy atom. The SMILES string of the molecule is CNC1CC(Oc2nc3ccc(C(=O)NCCCc4ncc[nH]4)cc3nc2-c2ccc(F)cc2)C1. The van der Waals surface area contributed by atoms with E-state index in [9.17, 15) is 9.18 Å². The maximum absolute atomic E-state index is 13.5. The summed E-state index contributed by atoms with van der Waals surface area (Å²) < 4.78 is 19.7. The van der Waals surface area contributed by atoms with E-state index < -0.39 is 0 Å². The van der Waals surface area contributed by atoms with Crippen LogP contribution in [0.4, 0.5) is 4.39 Å². The van der Waals surface area contributed by atoms with Gasteiger partial charge in [0.1, 0.15) is 23.4 Å². The zero-order valence-electron chi connectivity index (χ0n) is 19.4. The van der Waals surface area contributed by atoms with Crippen LogP contribution in [0.5, 0.6) is 5.88 Å². The Bertz CT molecular complexity index is 1300. The van der Waals surface area contributed by atoms with Gasteiger partial charge in [-0.2, -0.15) is 0 Å². The molecule has 4 aromatic rings. The minimum Gasteiger partial charge on any atom is -0.473 e. The summed E-state index contributed by atoms with van der Waals surface area (Å²) in [4.78, 5) is 29.4. The van der Waals surface area contributed by atoms with E-state index in [1.807, 2.05) is 7.05 Å². The standard InChI is InChI=1S/C26H27FN6O2/c1-28-19-14-20(15-19)35-26-24(16-4-7-18(27)8-5-16)32-22-13-17(6-9-21(22)33-26)25(34)31-10-2-3-23-29-11-12-30-23/h4-9,11-13,19-20,28H,2-3,10,14-15H2,1H3,(H,29,30)(H,31,34). The smallest absolute Gasteiger partial charge is 0.251 e. The van der Waals surface area contributed by atoms with Gasteiger partial charge in [-0.25, -0.2) is 19.3 Å². The van der Waals surface area contributed by atoms with Gasteiger partial charge in [-0.05, 0) is 68.8 Å². The van der Waals surface area contributed by atoms with Crippen molar-refractivity contribution in [3.8, 4) is 17.1 Å². The molecule has 1 fully saturated rings. The number of hydrogen-bond donors (Lipinski definition) is 3. The topological polar surface area (TPSA) is 105 Å². The molecular formula is C26H27FN6O2. The van der Waals surface area contributed by atoms with Crippen LogP contribution in [0.3, 0.4) is 0 Å². The molecule has 0 bridgehead atoms. The second-order valence-electron chi connectivity index (χ2n) is 8.68. The summed E-state index contributed by atoms with van der Waals surface area (Å²) in [5.74, 6) is 0.810. The number of imidazole rings is 1. The molecule has 1 aliphatic carbocycles. The number of aromatic nitrogens is 4. The van der Waals surface area contributed by atoms with Gasteiger partial charge in [0.2, 0.25) is 5.88 Å². The third kappa shape index (κ3) is 5.30. The van der Waals surface area contributed by atoms with Gasteiger partial charge in [0.15, 0.2) is 0 Å². The van der Waals surface area contributed by atoms with Crippen molar-refractivity contribution in [2.75, 3.05) is 13.6 Å². The van der Waals surface area contributed by atoms with E-state index in [-0.39, 0.29) is 17.8 Å². The number of aryl methyl sites for hydroxylation is 1. The van der Waals surface area contributed by atoms with Crippen LogP contribution in [-0.4, -0.2) is 51.6 Å². The largest absolute Gasteiger partial charge is 0.473 e. The van der Waals surface area contributed by atoms with Crippen molar-refractivity contribution < 1.29 is 13.9 Å². The highest BCUT2D eigenvalue weighted by atomic mass is 19.1. The van der Waals surface area contributed by atoms with Crippen LogP contribution in [0, 0.1) is 5.82 Å². The van der Waals surface area contributed by atoms with Crippen LogP contribution >= 0.6 is 0 Å². The Hall–Kier alpha value is -3.85. The van der Waals surface area contributed by atoms with Crippen molar-refractivity contribution in [3.05, 3.63) is 72.1 Å². The normalized spacial score (nSPS) is 17.2. The van der Waals surface area contributed by atoms with Crippen molar-refractivity contribution in [1.29, 1.82) is 0 Å². The minimum atomic E-state index is -0.327. The van der Waals surface area contributed by atoms with Crippen LogP contribution in [0.2, 0.25) is 0 Å². The number of nitrogens with zero attached hydrogens (tertiary/aromatic N) is 3. The van der Waals surface area contributed by atoms with E-state index in [4.69, 9.17) is 14.7 Å². The number of nitrogens with one attached hydrogen (secondary N) is 3. The molecule has 9 heteroatoms. The molecule has 0 unspecified atom stereocenters. The summed E-state index contributed by atoms with van der Waals surface area (Å²) in [7, 11) is 1.94. The molecule has 0 atom stereocenters. The van der Waals surface area contributed by atoms with Gasteiger partial charge in [0.25, 0.3) is 5.91 Å². The van der Waals surface area contributed by atoms with Gasteiger partial charge >= 0.3 is 0 Å². The number of rotatable bonds is 9. The Labute approximate surface area is 202 Å². The molecule has 0 radical (unpaired) electrons. The summed E-state index contributed by atoms with van der Waals surface area (Å²) >= 11 is 0. The van der Waals surface area contributed by atoms with Crippen molar-refractivity contribution in [3.63, 3.8) is 0 Å². The zero-order valence-corrected chi connectivity index (χ0v) is 19.4. The first-order valence-electron chi connectivity index (χ1n) is 11.8. The number of amides is 1. The summed E-state index contributed by atoms with van der Waals surface area (Å²) in [5.41, 5.74) is 2.93. The summed E-state index contributed by atoms with van der Waals surface area (Å²) in [6, 6.07) is 11.8. The lowest BCUT2D eigenvalue weighted by Gasteiger charge is -2.35. The fourth-order valence-electron chi connectivity index (χ4n) is 4.11. The van der Waals surface area contributed by atoms with Gasteiger partial charge in [-0.15, -0.1) is 0 Å². The van der Waals surface area contributed by atoms with Crippen LogP contribution in [0.25, 0.3) is 22.3 Å². The zero-order chi connectivity index (χ0) is 24.2. The molecule has 3 N–H and O–H groups in total. The van der Waals surface area contributed by atoms with Gasteiger partial charge in [-0.1, -0.05) is 0 Å². The molecule has 0 saturated heterocycles. The van der Waals surface area contributed by atoms with E-state index in [1.54, 1.807) is 42.7 Å². The number of carbonyl (C=O) groups excluding carboxylic acids is 1. The quantitative estimate of drug-likeness (QED) is 0.320. The maximum Gasteiger partial charge on any atom is 0.251 e. The van der Waals surface area contributed by atoms with Crippen molar-refractivity contribution in [2.45, 2.75) is 37.8 Å². The predicted molar refractivity (Wildman–Crippen MR) is 131 cm³/mol. The van der Waals surface area contributed by atoms with Crippen LogP contribution in [0.15, 0.2) is 54.9 Å². The van der Waals surface area contributed by atoms with E-state index in [2.05, 4.69) is 20.6 Å². The Balaban J connectivity index is 1.36. The highest BCUT2D eigenvalue weighted by molar-refractivity contribution is 5.97. The Morgan fingerprint density at radius 2 is 1.97 bits per heavy atom. The number of H-pyrrole nitrogens is 1. The number of aromatic amines is 1. The lowest BCUT2D eigenvalue weighted by atomic mass is 9.89. The van der Waals surface area contributed by atoms with Crippen LogP contribution in [-0.2, 0) is 6.42 Å². The summed E-state index contributed by atoms with van der Waals surface area (Å²) in [5, 5.41) is 6.18. The number of carbonyl (C=O) groups is 1. The Morgan fingerprint density at radius 1 is 1.14 bits per heavy atom. The second-order valence-corrected chi connectivity index (χ2v) is 8.68. The average molecular weight is 475 g/mol. The van der Waals surface area contributed by atoms with Gasteiger partial charge in [-0.3, -0.25) is 4.79 Å². The first-order valence-corrected chi connectivity index (χ1v) is 11.8. The lowest BCUT2D eigenvalue weighted by molar-refractivity contribution is 0.0845. The van der Waals surface area contributed by atoms with E-state index in [0.29, 0.717) is 46.3 Å². The highest BCUT2D eigenvalue weighted by Gasteiger charge is 2.31. The molecule has 2 aromatic heterocycles. The molecule has 2 aromatic carbocycles. The van der Waals surface area contributed by atoms with Gasteiger partial charge < -0.3 is 20.4 Å².